The molecule has 1 fully saturated rings. The van der Waals surface area contributed by atoms with Gasteiger partial charge in [-0.25, -0.2) is 0 Å². The van der Waals surface area contributed by atoms with Gasteiger partial charge in [0.1, 0.15) is 0 Å². The van der Waals surface area contributed by atoms with E-state index in [4.69, 9.17) is 4.55 Å². The highest BCUT2D eigenvalue weighted by Gasteiger charge is 2.16. The van der Waals surface area contributed by atoms with Gasteiger partial charge in [0.05, 0.1) is 5.75 Å². The van der Waals surface area contributed by atoms with E-state index in [9.17, 15) is 8.42 Å². The van der Waals surface area contributed by atoms with Crippen molar-refractivity contribution < 1.29 is 13.0 Å². The maximum Gasteiger partial charge on any atom is 0.264 e. The lowest BCUT2D eigenvalue weighted by molar-refractivity contribution is 0.479. The van der Waals surface area contributed by atoms with Crippen molar-refractivity contribution in [2.24, 2.45) is 0 Å². The fourth-order valence-corrected chi connectivity index (χ4v) is 3.62. The van der Waals surface area contributed by atoms with E-state index >= 15 is 0 Å². The van der Waals surface area contributed by atoms with Gasteiger partial charge in [0.25, 0.3) is 10.1 Å². The van der Waals surface area contributed by atoms with Gasteiger partial charge in [-0.1, -0.05) is 43.5 Å². The van der Waals surface area contributed by atoms with E-state index in [2.05, 4.69) is 24.3 Å². The van der Waals surface area contributed by atoms with Crippen LogP contribution in [0.1, 0.15) is 62.0 Å². The Bertz CT molecular complexity index is 516. The molecule has 1 aliphatic carbocycles. The van der Waals surface area contributed by atoms with Gasteiger partial charge >= 0.3 is 0 Å². The smallest absolute Gasteiger partial charge is 0.264 e. The van der Waals surface area contributed by atoms with E-state index < -0.39 is 10.1 Å². The van der Waals surface area contributed by atoms with Crippen molar-refractivity contribution in [2.45, 2.75) is 57.3 Å². The maximum absolute atomic E-state index is 10.6. The first-order chi connectivity index (χ1) is 9.54. The number of rotatable bonds is 7. The molecule has 1 N–H and O–H groups in total. The Morgan fingerprint density at radius 3 is 2.55 bits per heavy atom. The zero-order valence-electron chi connectivity index (χ0n) is 11.9. The van der Waals surface area contributed by atoms with Crippen LogP contribution in [-0.2, 0) is 16.5 Å². The van der Waals surface area contributed by atoms with Crippen LogP contribution in [0.2, 0.25) is 0 Å². The van der Waals surface area contributed by atoms with Gasteiger partial charge in [-0.15, -0.1) is 0 Å². The second-order valence-corrected chi connectivity index (χ2v) is 7.40. The van der Waals surface area contributed by atoms with E-state index in [1.54, 1.807) is 0 Å². The molecule has 0 unspecified atom stereocenters. The van der Waals surface area contributed by atoms with E-state index in [0.29, 0.717) is 6.42 Å². The van der Waals surface area contributed by atoms with Crippen LogP contribution < -0.4 is 0 Å². The Kier molecular flexibility index (Phi) is 5.61. The number of aryl methyl sites for hydroxylation is 1. The summed E-state index contributed by atoms with van der Waals surface area (Å²) in [5.41, 5.74) is 2.82. The second kappa shape index (κ2) is 7.23. The fourth-order valence-electron chi connectivity index (χ4n) is 3.05. The average molecular weight is 296 g/mol. The largest absolute Gasteiger partial charge is 0.286 e. The summed E-state index contributed by atoms with van der Waals surface area (Å²) in [5.74, 6) is 0.629. The quantitative estimate of drug-likeness (QED) is 0.612. The third-order valence-electron chi connectivity index (χ3n) is 4.15. The minimum atomic E-state index is -3.79. The Balaban J connectivity index is 1.77. The van der Waals surface area contributed by atoms with E-state index in [-0.39, 0.29) is 5.75 Å². The zero-order valence-corrected chi connectivity index (χ0v) is 12.7. The van der Waals surface area contributed by atoms with Crippen molar-refractivity contribution in [3.05, 3.63) is 35.4 Å². The Morgan fingerprint density at radius 2 is 1.85 bits per heavy atom. The Morgan fingerprint density at radius 1 is 1.10 bits per heavy atom. The maximum atomic E-state index is 10.6. The van der Waals surface area contributed by atoms with Crippen LogP contribution in [0.15, 0.2) is 24.3 Å². The average Bonchev–Trinajstić information content (AvgIpc) is 2.91. The topological polar surface area (TPSA) is 54.4 Å². The van der Waals surface area contributed by atoms with Gasteiger partial charge in [0.15, 0.2) is 0 Å². The molecule has 2 rings (SSSR count). The van der Waals surface area contributed by atoms with Crippen molar-refractivity contribution in [1.82, 2.24) is 0 Å². The van der Waals surface area contributed by atoms with Crippen LogP contribution in [0.4, 0.5) is 0 Å². The van der Waals surface area contributed by atoms with Crippen molar-refractivity contribution >= 4 is 10.1 Å². The van der Waals surface area contributed by atoms with Crippen LogP contribution >= 0.6 is 0 Å². The summed E-state index contributed by atoms with van der Waals surface area (Å²) in [6.45, 7) is 0. The van der Waals surface area contributed by atoms with Crippen molar-refractivity contribution in [3.8, 4) is 0 Å². The fraction of sp³-hybridized carbons (Fsp3) is 0.625. The Hall–Kier alpha value is -0.870. The molecule has 1 aromatic carbocycles. The van der Waals surface area contributed by atoms with Crippen molar-refractivity contribution in [2.75, 3.05) is 5.75 Å². The molecule has 4 heteroatoms. The van der Waals surface area contributed by atoms with Gasteiger partial charge in [0.2, 0.25) is 0 Å². The van der Waals surface area contributed by atoms with Crippen molar-refractivity contribution in [1.29, 1.82) is 0 Å². The molecule has 0 spiro atoms. The first-order valence-corrected chi connectivity index (χ1v) is 9.19. The summed E-state index contributed by atoms with van der Waals surface area (Å²) >= 11 is 0. The normalized spacial score (nSPS) is 16.6. The number of hydrogen-bond acceptors (Lipinski definition) is 2. The molecule has 1 aliphatic rings. The highest BCUT2D eigenvalue weighted by atomic mass is 32.2. The molecule has 0 atom stereocenters. The molecule has 0 heterocycles. The predicted molar refractivity (Wildman–Crippen MR) is 81.6 cm³/mol. The minimum Gasteiger partial charge on any atom is -0.286 e. The molecule has 0 radical (unpaired) electrons. The zero-order chi connectivity index (χ0) is 14.4. The summed E-state index contributed by atoms with van der Waals surface area (Å²) < 4.78 is 29.9. The molecule has 112 valence electrons. The standard InChI is InChI=1S/C16H24O3S/c17-20(18,19)12-5-1-2-7-14-8-6-11-16(13-14)15-9-3-4-10-15/h6,8,11,13,15H,1-5,7,9-10,12H2,(H,17,18,19). The van der Waals surface area contributed by atoms with Crippen LogP contribution in [0, 0.1) is 0 Å². The molecular formula is C16H24O3S. The third kappa shape index (κ3) is 5.25. The summed E-state index contributed by atoms with van der Waals surface area (Å²) in [5, 5.41) is 0. The number of benzene rings is 1. The van der Waals surface area contributed by atoms with Gasteiger partial charge in [-0.2, -0.15) is 8.42 Å². The first-order valence-electron chi connectivity index (χ1n) is 7.58. The molecule has 0 aliphatic heterocycles. The number of unbranched alkanes of at least 4 members (excludes halogenated alkanes) is 2. The lowest BCUT2D eigenvalue weighted by Gasteiger charge is -2.11. The number of hydrogen-bond donors (Lipinski definition) is 1. The highest BCUT2D eigenvalue weighted by Crippen LogP contribution is 2.34. The summed E-state index contributed by atoms with van der Waals surface area (Å²) in [6.07, 6.45) is 8.69. The highest BCUT2D eigenvalue weighted by molar-refractivity contribution is 7.85. The van der Waals surface area contributed by atoms with Crippen LogP contribution in [-0.4, -0.2) is 18.7 Å². The molecular weight excluding hydrogens is 272 g/mol. The van der Waals surface area contributed by atoms with Gasteiger partial charge in [-0.3, -0.25) is 4.55 Å². The summed E-state index contributed by atoms with van der Waals surface area (Å²) in [7, 11) is -3.79. The molecule has 0 aromatic heterocycles. The van der Waals surface area contributed by atoms with Crippen LogP contribution in [0.25, 0.3) is 0 Å². The predicted octanol–water partition coefficient (Wildman–Crippen LogP) is 3.94. The molecule has 20 heavy (non-hydrogen) atoms. The first kappa shape index (κ1) is 15.5. The van der Waals surface area contributed by atoms with Crippen molar-refractivity contribution in [3.63, 3.8) is 0 Å². The monoisotopic (exact) mass is 296 g/mol. The lowest BCUT2D eigenvalue weighted by atomic mass is 9.95. The van der Waals surface area contributed by atoms with Crippen LogP contribution in [0.3, 0.4) is 0 Å². The Labute approximate surface area is 122 Å². The second-order valence-electron chi connectivity index (χ2n) is 5.82. The van der Waals surface area contributed by atoms with Gasteiger partial charge < -0.3 is 0 Å². The summed E-state index contributed by atoms with van der Waals surface area (Å²) in [6, 6.07) is 8.85. The lowest BCUT2D eigenvalue weighted by Crippen LogP contribution is -2.03. The summed E-state index contributed by atoms with van der Waals surface area (Å²) in [4.78, 5) is 0. The molecule has 1 aromatic rings. The molecule has 0 amide bonds. The molecule has 0 bridgehead atoms. The van der Waals surface area contributed by atoms with E-state index in [0.717, 1.165) is 25.2 Å². The third-order valence-corrected chi connectivity index (χ3v) is 4.95. The molecule has 1 saturated carbocycles. The van der Waals surface area contributed by atoms with E-state index in [1.807, 2.05) is 0 Å². The van der Waals surface area contributed by atoms with E-state index in [1.165, 1.54) is 36.8 Å². The minimum absolute atomic E-state index is 0.116. The van der Waals surface area contributed by atoms with Gasteiger partial charge in [0, 0.05) is 0 Å². The SMILES string of the molecule is O=S(=O)(O)CCCCCc1cccc(C2CCCC2)c1. The molecule has 3 nitrogen and oxygen atoms in total. The molecule has 0 saturated heterocycles. The van der Waals surface area contributed by atoms with Crippen LogP contribution in [0.5, 0.6) is 0 Å². The van der Waals surface area contributed by atoms with Gasteiger partial charge in [-0.05, 0) is 49.1 Å².